The minimum absolute atomic E-state index is 0.148. The lowest BCUT2D eigenvalue weighted by molar-refractivity contribution is -0.123. The maximum Gasteiger partial charge on any atom is 0.253 e. The first-order valence-corrected chi connectivity index (χ1v) is 15.1. The lowest BCUT2D eigenvalue weighted by Gasteiger charge is -2.35. The topological polar surface area (TPSA) is 83.5 Å². The van der Waals surface area contributed by atoms with E-state index in [0.717, 1.165) is 39.1 Å². The van der Waals surface area contributed by atoms with Crippen LogP contribution in [-0.4, -0.2) is 41.2 Å². The van der Waals surface area contributed by atoms with E-state index in [1.54, 1.807) is 17.2 Å². The van der Waals surface area contributed by atoms with Gasteiger partial charge in [-0.25, -0.2) is 13.4 Å². The third kappa shape index (κ3) is 4.80. The fourth-order valence-corrected chi connectivity index (χ4v) is 8.69. The van der Waals surface area contributed by atoms with Gasteiger partial charge in [-0.05, 0) is 68.1 Å². The van der Waals surface area contributed by atoms with Gasteiger partial charge >= 0.3 is 0 Å². The van der Waals surface area contributed by atoms with E-state index in [1.165, 1.54) is 21.7 Å². The van der Waals surface area contributed by atoms with Crippen LogP contribution in [-0.2, 0) is 21.4 Å². The molecule has 5 rings (SSSR count). The number of hydrogen-bond donors (Lipinski definition) is 0. The van der Waals surface area contributed by atoms with Gasteiger partial charge in [0.15, 0.2) is 5.13 Å². The van der Waals surface area contributed by atoms with Gasteiger partial charge in [0.05, 0.1) is 26.8 Å². The Balaban J connectivity index is 1.56. The van der Waals surface area contributed by atoms with Gasteiger partial charge in [0.1, 0.15) is 10.3 Å². The van der Waals surface area contributed by atoms with Crippen LogP contribution in [0.2, 0.25) is 4.34 Å². The summed E-state index contributed by atoms with van der Waals surface area (Å²) in [5.74, 6) is -0.292. The Hall–Kier alpha value is -2.37. The van der Waals surface area contributed by atoms with E-state index in [2.05, 4.69) is 4.98 Å². The largest absolute Gasteiger partial charge is 0.281 e. The molecule has 0 bridgehead atoms. The number of benzene rings is 1. The van der Waals surface area contributed by atoms with Crippen LogP contribution in [0.25, 0.3) is 10.2 Å². The molecule has 1 fully saturated rings. The van der Waals surface area contributed by atoms with E-state index in [9.17, 15) is 13.2 Å². The molecule has 4 aromatic rings. The summed E-state index contributed by atoms with van der Waals surface area (Å²) in [4.78, 5) is 25.0. The second kappa shape index (κ2) is 10.2. The van der Waals surface area contributed by atoms with E-state index in [4.69, 9.17) is 16.6 Å². The summed E-state index contributed by atoms with van der Waals surface area (Å²) in [5.41, 5.74) is 3.75. The highest BCUT2D eigenvalue weighted by atomic mass is 35.5. The van der Waals surface area contributed by atoms with Crippen molar-refractivity contribution in [1.29, 1.82) is 0 Å². The SMILES string of the molecule is Cc1ccc2sc(N(Cc3ccccn3)C(=O)C3CCCCN3S(=O)(=O)c3ccc(Cl)s3)nc2c1C. The quantitative estimate of drug-likeness (QED) is 0.297. The van der Waals surface area contributed by atoms with Crippen molar-refractivity contribution in [1.82, 2.24) is 14.3 Å². The Morgan fingerprint density at radius 3 is 2.69 bits per heavy atom. The Morgan fingerprint density at radius 2 is 1.97 bits per heavy atom. The van der Waals surface area contributed by atoms with Crippen molar-refractivity contribution in [2.75, 3.05) is 11.4 Å². The summed E-state index contributed by atoms with van der Waals surface area (Å²) in [7, 11) is -3.87. The zero-order chi connectivity index (χ0) is 25.4. The monoisotopic (exact) mass is 560 g/mol. The number of thiazole rings is 1. The maximum absolute atomic E-state index is 14.2. The fourth-order valence-electron chi connectivity index (χ4n) is 4.39. The molecule has 1 aliphatic heterocycles. The number of carbonyl (C=O) groups is 1. The van der Waals surface area contributed by atoms with Crippen molar-refractivity contribution in [2.24, 2.45) is 0 Å². The highest BCUT2D eigenvalue weighted by Crippen LogP contribution is 2.36. The first kappa shape index (κ1) is 25.3. The highest BCUT2D eigenvalue weighted by molar-refractivity contribution is 7.91. The number of hydrogen-bond acceptors (Lipinski definition) is 7. The number of aromatic nitrogens is 2. The molecule has 0 N–H and O–H groups in total. The summed E-state index contributed by atoms with van der Waals surface area (Å²) in [6, 6.07) is 11.8. The number of amides is 1. The van der Waals surface area contributed by atoms with Gasteiger partial charge in [-0.15, -0.1) is 11.3 Å². The van der Waals surface area contributed by atoms with Crippen molar-refractivity contribution in [2.45, 2.75) is 49.9 Å². The number of thiophene rings is 1. The van der Waals surface area contributed by atoms with E-state index < -0.39 is 16.1 Å². The van der Waals surface area contributed by atoms with Gasteiger partial charge in [-0.3, -0.25) is 14.7 Å². The number of fused-ring (bicyclic) bond motifs is 1. The molecule has 0 saturated carbocycles. The number of carbonyl (C=O) groups excluding carboxylic acids is 1. The predicted molar refractivity (Wildman–Crippen MR) is 145 cm³/mol. The van der Waals surface area contributed by atoms with Crippen LogP contribution in [0.3, 0.4) is 0 Å². The molecule has 0 radical (unpaired) electrons. The number of pyridine rings is 1. The second-order valence-electron chi connectivity index (χ2n) is 8.78. The number of aryl methyl sites for hydroxylation is 2. The molecule has 1 atom stereocenters. The van der Waals surface area contributed by atoms with Gasteiger partial charge in [0.2, 0.25) is 5.91 Å². The Bertz CT molecular complexity index is 1520. The lowest BCUT2D eigenvalue weighted by Crippen LogP contribution is -2.52. The summed E-state index contributed by atoms with van der Waals surface area (Å²) in [6.07, 6.45) is 3.59. The minimum atomic E-state index is -3.87. The van der Waals surface area contributed by atoms with Crippen LogP contribution >= 0.6 is 34.3 Å². The molecular formula is C25H25ClN4O3S3. The molecule has 1 aromatic carbocycles. The Kier molecular flexibility index (Phi) is 7.15. The first-order valence-electron chi connectivity index (χ1n) is 11.6. The summed E-state index contributed by atoms with van der Waals surface area (Å²) >= 11 is 8.47. The number of nitrogens with zero attached hydrogens (tertiary/aromatic N) is 4. The van der Waals surface area contributed by atoms with Gasteiger partial charge in [0, 0.05) is 12.7 Å². The smallest absolute Gasteiger partial charge is 0.253 e. The molecule has 7 nitrogen and oxygen atoms in total. The molecule has 0 spiro atoms. The number of piperidine rings is 1. The van der Waals surface area contributed by atoms with Crippen molar-refractivity contribution >= 4 is 65.6 Å². The maximum atomic E-state index is 14.2. The molecule has 3 aromatic heterocycles. The van der Waals surface area contributed by atoms with Gasteiger partial charge in [0.25, 0.3) is 10.0 Å². The number of halogens is 1. The number of rotatable bonds is 6. The van der Waals surface area contributed by atoms with E-state index in [0.29, 0.717) is 28.0 Å². The van der Waals surface area contributed by atoms with E-state index in [1.807, 2.05) is 44.2 Å². The Labute approximate surface area is 223 Å². The predicted octanol–water partition coefficient (Wildman–Crippen LogP) is 5.80. The molecule has 36 heavy (non-hydrogen) atoms. The van der Waals surface area contributed by atoms with Crippen molar-refractivity contribution < 1.29 is 13.2 Å². The zero-order valence-corrected chi connectivity index (χ0v) is 23.1. The van der Waals surface area contributed by atoms with Crippen LogP contribution in [0.15, 0.2) is 52.9 Å². The third-order valence-corrected chi connectivity index (χ3v) is 11.1. The standard InChI is InChI=1S/C25H25ClN4O3S3/c1-16-9-10-20-23(17(16)2)28-25(34-20)29(15-18-7-3-5-13-27-18)24(31)19-8-4-6-14-30(19)36(32,33)22-12-11-21(26)35-22/h3,5,7,9-13,19H,4,6,8,14-15H2,1-2H3. The van der Waals surface area contributed by atoms with Crippen molar-refractivity contribution in [3.63, 3.8) is 0 Å². The summed E-state index contributed by atoms with van der Waals surface area (Å²) in [6.45, 7) is 4.54. The number of anilines is 1. The van der Waals surface area contributed by atoms with Crippen LogP contribution < -0.4 is 4.90 Å². The molecule has 1 aliphatic rings. The molecule has 0 aliphatic carbocycles. The molecule has 11 heteroatoms. The normalized spacial score (nSPS) is 16.9. The third-order valence-electron chi connectivity index (χ3n) is 6.47. The summed E-state index contributed by atoms with van der Waals surface area (Å²) in [5, 5.41) is 0.538. The molecule has 1 amide bonds. The van der Waals surface area contributed by atoms with Gasteiger partial charge in [-0.2, -0.15) is 4.31 Å². The lowest BCUT2D eigenvalue weighted by atomic mass is 10.0. The summed E-state index contributed by atoms with van der Waals surface area (Å²) < 4.78 is 29.9. The molecule has 1 saturated heterocycles. The molecular weight excluding hydrogens is 536 g/mol. The van der Waals surface area contributed by atoms with Crippen LogP contribution in [0.5, 0.6) is 0 Å². The molecule has 188 valence electrons. The number of sulfonamides is 1. The van der Waals surface area contributed by atoms with E-state index in [-0.39, 0.29) is 23.2 Å². The zero-order valence-electron chi connectivity index (χ0n) is 19.8. The van der Waals surface area contributed by atoms with Crippen LogP contribution in [0.4, 0.5) is 5.13 Å². The Morgan fingerprint density at radius 1 is 1.14 bits per heavy atom. The average molecular weight is 561 g/mol. The second-order valence-corrected chi connectivity index (χ2v) is 13.6. The fraction of sp³-hybridized carbons (Fsp3) is 0.320. The van der Waals surface area contributed by atoms with Gasteiger partial charge in [-0.1, -0.05) is 41.5 Å². The van der Waals surface area contributed by atoms with Crippen LogP contribution in [0, 0.1) is 13.8 Å². The van der Waals surface area contributed by atoms with E-state index >= 15 is 0 Å². The van der Waals surface area contributed by atoms with Crippen molar-refractivity contribution in [3.05, 3.63) is 69.8 Å². The van der Waals surface area contributed by atoms with Crippen molar-refractivity contribution in [3.8, 4) is 0 Å². The van der Waals surface area contributed by atoms with Crippen LogP contribution in [0.1, 0.15) is 36.1 Å². The molecule has 4 heterocycles. The highest BCUT2D eigenvalue weighted by Gasteiger charge is 2.41. The minimum Gasteiger partial charge on any atom is -0.281 e. The van der Waals surface area contributed by atoms with Gasteiger partial charge < -0.3 is 0 Å². The molecule has 1 unspecified atom stereocenters. The average Bonchev–Trinajstić information content (AvgIpc) is 3.52. The first-order chi connectivity index (χ1) is 17.3.